The number of ether oxygens (including phenoxy) is 1. The summed E-state index contributed by atoms with van der Waals surface area (Å²) in [6, 6.07) is 0. The maximum absolute atomic E-state index is 4.67. The van der Waals surface area contributed by atoms with E-state index in [1.54, 1.807) is 0 Å². The summed E-state index contributed by atoms with van der Waals surface area (Å²) in [5.74, 6) is 0. The van der Waals surface area contributed by atoms with Crippen LogP contribution in [0.2, 0.25) is 0 Å². The van der Waals surface area contributed by atoms with Gasteiger partial charge in [0.05, 0.1) is 0 Å². The van der Waals surface area contributed by atoms with E-state index in [1.165, 1.54) is 0 Å². The molecular formula is C6H12NOS. The average Bonchev–Trinajstić information content (AvgIpc) is 1.89. The van der Waals surface area contributed by atoms with Crippen molar-refractivity contribution >= 4 is 17.4 Å². The number of hydrogen-bond donors (Lipinski definition) is 1. The van der Waals surface area contributed by atoms with Gasteiger partial charge in [-0.2, -0.15) is 0 Å². The van der Waals surface area contributed by atoms with Crippen LogP contribution in [0.1, 0.15) is 19.8 Å². The Labute approximate surface area is 61.6 Å². The van der Waals surface area contributed by atoms with Crippen LogP contribution < -0.4 is 5.32 Å². The topological polar surface area (TPSA) is 21.3 Å². The summed E-state index contributed by atoms with van der Waals surface area (Å²) in [5.41, 5.74) is 0. The van der Waals surface area contributed by atoms with Gasteiger partial charge in [-0.25, -0.2) is 0 Å². The molecule has 0 aromatic heterocycles. The van der Waals surface area contributed by atoms with Gasteiger partial charge in [0.2, 0.25) is 0 Å². The fourth-order valence-electron chi connectivity index (χ4n) is 0.418. The highest BCUT2D eigenvalue weighted by Gasteiger charge is 1.88. The Bertz CT molecular complexity index is 85.1. The molecule has 0 amide bonds. The normalized spacial score (nSPS) is 8.67. The smallest absolute Gasteiger partial charge is 0.256 e. The van der Waals surface area contributed by atoms with E-state index in [0.29, 0.717) is 5.17 Å². The molecule has 0 bridgehead atoms. The van der Waals surface area contributed by atoms with Gasteiger partial charge >= 0.3 is 0 Å². The minimum atomic E-state index is 0.378. The van der Waals surface area contributed by atoms with Gasteiger partial charge in [0.25, 0.3) is 5.17 Å². The highest BCUT2D eigenvalue weighted by atomic mass is 32.1. The minimum absolute atomic E-state index is 0.378. The fraction of sp³-hybridized carbons (Fsp3) is 0.667. The van der Waals surface area contributed by atoms with Gasteiger partial charge in [0.15, 0.2) is 0 Å². The zero-order valence-electron chi connectivity index (χ0n) is 5.64. The number of rotatable bonds is 3. The van der Waals surface area contributed by atoms with Crippen LogP contribution in [0, 0.1) is 7.11 Å². The lowest BCUT2D eigenvalue weighted by molar-refractivity contribution is 0.448. The van der Waals surface area contributed by atoms with Crippen molar-refractivity contribution in [2.24, 2.45) is 0 Å². The third kappa shape index (κ3) is 5.56. The van der Waals surface area contributed by atoms with Gasteiger partial charge in [-0.3, -0.25) is 0 Å². The Kier molecular flexibility index (Phi) is 5.62. The molecule has 0 rings (SSSR count). The highest BCUT2D eigenvalue weighted by molar-refractivity contribution is 7.80. The lowest BCUT2D eigenvalue weighted by Gasteiger charge is -2.02. The maximum atomic E-state index is 4.67. The second-order valence-electron chi connectivity index (χ2n) is 1.71. The monoisotopic (exact) mass is 146 g/mol. The Morgan fingerprint density at radius 1 is 1.78 bits per heavy atom. The Morgan fingerprint density at radius 3 is 2.89 bits per heavy atom. The highest BCUT2D eigenvalue weighted by Crippen LogP contribution is 1.83. The summed E-state index contributed by atoms with van der Waals surface area (Å²) < 4.78 is 4.47. The van der Waals surface area contributed by atoms with Crippen molar-refractivity contribution in [2.75, 3.05) is 6.54 Å². The second-order valence-corrected chi connectivity index (χ2v) is 2.08. The molecular weight excluding hydrogens is 134 g/mol. The number of thiocarbonyl (C=S) groups is 1. The first-order valence-electron chi connectivity index (χ1n) is 3.01. The molecule has 1 radical (unpaired) electrons. The van der Waals surface area contributed by atoms with Gasteiger partial charge in [-0.15, -0.1) is 0 Å². The molecule has 0 fully saturated rings. The molecule has 0 saturated carbocycles. The van der Waals surface area contributed by atoms with Gasteiger partial charge in [0, 0.05) is 6.54 Å². The molecule has 0 aliphatic rings. The molecule has 9 heavy (non-hydrogen) atoms. The molecule has 0 aliphatic heterocycles. The fourth-order valence-corrected chi connectivity index (χ4v) is 0.520. The first-order valence-corrected chi connectivity index (χ1v) is 3.42. The predicted octanol–water partition coefficient (Wildman–Crippen LogP) is 1.47. The predicted molar refractivity (Wildman–Crippen MR) is 42.0 cm³/mol. The molecule has 0 unspecified atom stereocenters. The second kappa shape index (κ2) is 5.82. The van der Waals surface area contributed by atoms with Crippen LogP contribution in [-0.2, 0) is 4.74 Å². The molecule has 0 aromatic rings. The third-order valence-electron chi connectivity index (χ3n) is 0.931. The lowest BCUT2D eigenvalue weighted by Crippen LogP contribution is -2.22. The van der Waals surface area contributed by atoms with Crippen LogP contribution in [0.5, 0.6) is 0 Å². The summed E-state index contributed by atoms with van der Waals surface area (Å²) in [7, 11) is 3.16. The van der Waals surface area contributed by atoms with Crippen molar-refractivity contribution in [3.63, 3.8) is 0 Å². The molecule has 0 aliphatic carbocycles. The summed E-state index contributed by atoms with van der Waals surface area (Å²) in [6.07, 6.45) is 2.27. The van der Waals surface area contributed by atoms with E-state index in [4.69, 9.17) is 0 Å². The Hall–Kier alpha value is -0.310. The average molecular weight is 146 g/mol. The van der Waals surface area contributed by atoms with Crippen molar-refractivity contribution in [3.8, 4) is 0 Å². The van der Waals surface area contributed by atoms with E-state index in [1.807, 2.05) is 0 Å². The van der Waals surface area contributed by atoms with Gasteiger partial charge in [-0.05, 0) is 18.6 Å². The van der Waals surface area contributed by atoms with Crippen LogP contribution in [0.4, 0.5) is 0 Å². The largest absolute Gasteiger partial charge is 0.467 e. The van der Waals surface area contributed by atoms with Crippen LogP contribution in [0.3, 0.4) is 0 Å². The molecule has 0 spiro atoms. The zero-order valence-corrected chi connectivity index (χ0v) is 6.46. The number of unbranched alkanes of at least 4 members (excludes halogenated alkanes) is 1. The van der Waals surface area contributed by atoms with Crippen molar-refractivity contribution in [1.29, 1.82) is 0 Å². The SMILES string of the molecule is [CH2]OC(=S)NCCCC. The van der Waals surface area contributed by atoms with E-state index in [2.05, 4.69) is 36.3 Å². The van der Waals surface area contributed by atoms with E-state index in [-0.39, 0.29) is 0 Å². The Morgan fingerprint density at radius 2 is 2.44 bits per heavy atom. The summed E-state index contributed by atoms with van der Waals surface area (Å²) in [6.45, 7) is 3.00. The molecule has 0 aromatic carbocycles. The molecule has 2 nitrogen and oxygen atoms in total. The van der Waals surface area contributed by atoms with Crippen molar-refractivity contribution in [2.45, 2.75) is 19.8 Å². The molecule has 53 valence electrons. The molecule has 0 saturated heterocycles. The van der Waals surface area contributed by atoms with Crippen LogP contribution >= 0.6 is 12.2 Å². The minimum Gasteiger partial charge on any atom is -0.467 e. The van der Waals surface area contributed by atoms with Crippen LogP contribution in [0.15, 0.2) is 0 Å². The molecule has 3 heteroatoms. The Balaban J connectivity index is 2.97. The maximum Gasteiger partial charge on any atom is 0.256 e. The van der Waals surface area contributed by atoms with Crippen molar-refractivity contribution in [3.05, 3.63) is 7.11 Å². The van der Waals surface area contributed by atoms with Gasteiger partial charge in [-0.1, -0.05) is 13.3 Å². The zero-order chi connectivity index (χ0) is 7.11. The number of hydrogen-bond acceptors (Lipinski definition) is 2. The van der Waals surface area contributed by atoms with E-state index in [9.17, 15) is 0 Å². The quantitative estimate of drug-likeness (QED) is 0.481. The summed E-state index contributed by atoms with van der Waals surface area (Å²) >= 11 is 4.67. The molecule has 0 heterocycles. The van der Waals surface area contributed by atoms with Crippen LogP contribution in [0.25, 0.3) is 0 Å². The van der Waals surface area contributed by atoms with Crippen molar-refractivity contribution < 1.29 is 4.74 Å². The van der Waals surface area contributed by atoms with E-state index >= 15 is 0 Å². The summed E-state index contributed by atoms with van der Waals surface area (Å²) in [4.78, 5) is 0. The van der Waals surface area contributed by atoms with Gasteiger partial charge < -0.3 is 10.1 Å². The van der Waals surface area contributed by atoms with Crippen LogP contribution in [-0.4, -0.2) is 11.7 Å². The standard InChI is InChI=1S/C6H12NOS/c1-3-4-5-7-6(9)8-2/h2-5H2,1H3,(H,7,9). The molecule has 1 N–H and O–H groups in total. The molecule has 0 atom stereocenters. The first kappa shape index (κ1) is 8.69. The number of nitrogens with one attached hydrogen (secondary N) is 1. The lowest BCUT2D eigenvalue weighted by atomic mass is 10.3. The van der Waals surface area contributed by atoms with E-state index in [0.717, 1.165) is 19.4 Å². The van der Waals surface area contributed by atoms with Crippen molar-refractivity contribution in [1.82, 2.24) is 5.32 Å². The summed E-state index contributed by atoms with van der Waals surface area (Å²) in [5, 5.41) is 3.26. The van der Waals surface area contributed by atoms with Gasteiger partial charge in [0.1, 0.15) is 7.11 Å². The third-order valence-corrected chi connectivity index (χ3v) is 1.19. The first-order chi connectivity index (χ1) is 4.31. The van der Waals surface area contributed by atoms with E-state index < -0.39 is 0 Å².